The van der Waals surface area contributed by atoms with E-state index in [0.717, 1.165) is 24.7 Å². The van der Waals surface area contributed by atoms with Crippen molar-refractivity contribution in [2.75, 3.05) is 50.8 Å². The van der Waals surface area contributed by atoms with Crippen molar-refractivity contribution in [3.8, 4) is 0 Å². The molecule has 0 spiro atoms. The molecule has 264 valence electrons. The summed E-state index contributed by atoms with van der Waals surface area (Å²) in [6, 6.07) is 0. The average Bonchev–Trinajstić information content (AvgIpc) is 3.52. The van der Waals surface area contributed by atoms with Gasteiger partial charge in [0.2, 0.25) is 0 Å². The van der Waals surface area contributed by atoms with Gasteiger partial charge < -0.3 is 18.9 Å². The Labute approximate surface area is 277 Å². The molecule has 4 aliphatic carbocycles. The Morgan fingerprint density at radius 2 is 0.848 bits per heavy atom. The Balaban J connectivity index is 0.000000125. The van der Waals surface area contributed by atoms with Crippen LogP contribution in [0, 0.1) is 45.3 Å². The van der Waals surface area contributed by atoms with Crippen LogP contribution in [0.25, 0.3) is 0 Å². The minimum absolute atomic E-state index is 0.0248. The van der Waals surface area contributed by atoms with Crippen LogP contribution in [-0.2, 0) is 29.8 Å². The van der Waals surface area contributed by atoms with E-state index in [1.54, 1.807) is 0 Å². The third-order valence-corrected chi connectivity index (χ3v) is 16.3. The summed E-state index contributed by atoms with van der Waals surface area (Å²) in [5.41, 5.74) is -2.44. The molecule has 0 radical (unpaired) electrons. The topological polar surface area (TPSA) is 157 Å². The number of carbonyl (C=O) groups excluding carboxylic acids is 2. The molecule has 10 rings (SSSR count). The largest absolute Gasteiger partial charge is 0.748 e. The standard InChI is InChI=1S/2C10H16O4S.2C7H13N/c2*1-9(2)7-3-4-10(9,8(11)5-7)6-15(12,13)14;2*1-4-8-5-2-7(1)3-6-8/h2*7H,3-6H2,1-2H3,(H,12,13,14);2*7H,1-6H2/t2*7-,10-;;/m00../s1. The summed E-state index contributed by atoms with van der Waals surface area (Å²) in [5.74, 6) is 1.70. The fourth-order valence-corrected chi connectivity index (χ4v) is 13.4. The van der Waals surface area contributed by atoms with Crippen molar-refractivity contribution < 1.29 is 45.3 Å². The lowest BCUT2D eigenvalue weighted by atomic mass is 9.70. The second kappa shape index (κ2) is 13.1. The van der Waals surface area contributed by atoms with Gasteiger partial charge in [0.25, 0.3) is 0 Å². The number of Topliss-reactive ketones (excluding diaryl/α,β-unsaturated/α-hetero) is 2. The number of fused-ring (bicyclic) bond motifs is 10. The molecule has 0 unspecified atom stereocenters. The van der Waals surface area contributed by atoms with Gasteiger partial charge in [0.05, 0.1) is 71.0 Å². The Hall–Kier alpha value is -0.920. The van der Waals surface area contributed by atoms with E-state index in [4.69, 9.17) is 0 Å². The molecule has 2 N–H and O–H groups in total. The van der Waals surface area contributed by atoms with Crippen LogP contribution in [0.4, 0.5) is 0 Å². The van der Waals surface area contributed by atoms with Gasteiger partial charge in [-0.15, -0.1) is 0 Å². The molecule has 6 saturated heterocycles. The third-order valence-electron chi connectivity index (χ3n) is 14.6. The number of hydrogen-bond donors (Lipinski definition) is 2. The summed E-state index contributed by atoms with van der Waals surface area (Å²) in [5, 5.41) is 0. The van der Waals surface area contributed by atoms with Crippen molar-refractivity contribution >= 4 is 31.8 Å². The molecule has 10 aliphatic rings. The van der Waals surface area contributed by atoms with E-state index in [1.807, 2.05) is 37.5 Å². The average molecular weight is 687 g/mol. The van der Waals surface area contributed by atoms with Crippen LogP contribution in [0.3, 0.4) is 0 Å². The quantitative estimate of drug-likeness (QED) is 0.418. The van der Waals surface area contributed by atoms with Gasteiger partial charge in [-0.2, -0.15) is 0 Å². The number of nitrogens with one attached hydrogen (secondary N) is 2. The van der Waals surface area contributed by atoms with Crippen LogP contribution in [0.5, 0.6) is 0 Å². The zero-order valence-corrected chi connectivity index (χ0v) is 30.2. The Bertz CT molecular complexity index is 1210. The van der Waals surface area contributed by atoms with Crippen LogP contribution >= 0.6 is 0 Å². The molecule has 6 aliphatic heterocycles. The number of hydrogen-bond acceptors (Lipinski definition) is 8. The molecule has 46 heavy (non-hydrogen) atoms. The van der Waals surface area contributed by atoms with Gasteiger partial charge in [-0.1, -0.05) is 27.7 Å². The van der Waals surface area contributed by atoms with Gasteiger partial charge in [0.15, 0.2) is 0 Å². The maximum absolute atomic E-state index is 11.8. The van der Waals surface area contributed by atoms with E-state index in [9.17, 15) is 35.5 Å². The lowest BCUT2D eigenvalue weighted by Gasteiger charge is -2.37. The van der Waals surface area contributed by atoms with E-state index in [0.29, 0.717) is 25.7 Å². The SMILES string of the molecule is C1C[NH+]2CCC1CC2.C1C[NH+]2CCC1CC2.CC1(C)[C@H]2CC[C@]1(CS(=O)(=O)[O-])C(=O)C2.CC1(C)[C@H]2CC[C@]1(CS(=O)(=O)[O-])C(=O)C2. The normalized spacial score (nSPS) is 40.8. The number of carbonyl (C=O) groups is 2. The first-order valence-corrected chi connectivity index (χ1v) is 21.0. The smallest absolute Gasteiger partial charge is 0.140 e. The highest BCUT2D eigenvalue weighted by Gasteiger charge is 2.65. The summed E-state index contributed by atoms with van der Waals surface area (Å²) in [7, 11) is -8.65. The summed E-state index contributed by atoms with van der Waals surface area (Å²) in [6.07, 6.45) is 12.9. The Morgan fingerprint density at radius 1 is 0.565 bits per heavy atom. The van der Waals surface area contributed by atoms with E-state index >= 15 is 0 Å². The van der Waals surface area contributed by atoms with Crippen LogP contribution in [0.15, 0.2) is 0 Å². The van der Waals surface area contributed by atoms with Gasteiger partial charge in [-0.25, -0.2) is 16.8 Å². The lowest BCUT2D eigenvalue weighted by Crippen LogP contribution is -3.14. The highest BCUT2D eigenvalue weighted by atomic mass is 32.2. The Morgan fingerprint density at radius 3 is 0.978 bits per heavy atom. The van der Waals surface area contributed by atoms with Crippen molar-refractivity contribution in [3.05, 3.63) is 0 Å². The molecule has 10 nitrogen and oxygen atoms in total. The predicted octanol–water partition coefficient (Wildman–Crippen LogP) is 1.22. The molecule has 12 heteroatoms. The number of quaternary nitrogens is 2. The maximum Gasteiger partial charge on any atom is 0.140 e. The number of rotatable bonds is 4. The van der Waals surface area contributed by atoms with Crippen molar-refractivity contribution in [1.29, 1.82) is 0 Å². The monoisotopic (exact) mass is 686 g/mol. The summed E-state index contributed by atoms with van der Waals surface area (Å²) >= 11 is 0. The lowest BCUT2D eigenvalue weighted by molar-refractivity contribution is -0.916. The first kappa shape index (κ1) is 36.4. The van der Waals surface area contributed by atoms with E-state index in [1.165, 1.54) is 77.8 Å². The molecule has 8 bridgehead atoms. The fraction of sp³-hybridized carbons (Fsp3) is 0.941. The number of ketones is 2. The molecule has 0 amide bonds. The molecule has 6 heterocycles. The van der Waals surface area contributed by atoms with E-state index in [2.05, 4.69) is 0 Å². The first-order valence-electron chi connectivity index (χ1n) is 17.9. The van der Waals surface area contributed by atoms with Crippen molar-refractivity contribution in [3.63, 3.8) is 0 Å². The summed E-state index contributed by atoms with van der Waals surface area (Å²) in [4.78, 5) is 27.4. The second-order valence-electron chi connectivity index (χ2n) is 17.2. The van der Waals surface area contributed by atoms with Crippen LogP contribution in [-0.4, -0.2) is 88.3 Å². The zero-order valence-electron chi connectivity index (χ0n) is 28.5. The highest BCUT2D eigenvalue weighted by Crippen LogP contribution is 2.65. The minimum atomic E-state index is -4.33. The first-order chi connectivity index (χ1) is 21.3. The molecule has 0 aromatic carbocycles. The maximum atomic E-state index is 11.8. The van der Waals surface area contributed by atoms with Gasteiger partial charge in [-0.05, 0) is 98.7 Å². The molecular weight excluding hydrogens is 629 g/mol. The molecule has 0 aromatic heterocycles. The Kier molecular flexibility index (Phi) is 10.3. The zero-order chi connectivity index (χ0) is 33.8. The van der Waals surface area contributed by atoms with Crippen molar-refractivity contribution in [2.24, 2.45) is 45.3 Å². The summed E-state index contributed by atoms with van der Waals surface area (Å²) < 4.78 is 65.4. The third kappa shape index (κ3) is 7.18. The highest BCUT2D eigenvalue weighted by molar-refractivity contribution is 7.86. The molecule has 4 saturated carbocycles. The van der Waals surface area contributed by atoms with Gasteiger partial charge in [0, 0.05) is 23.7 Å². The van der Waals surface area contributed by atoms with Crippen molar-refractivity contribution in [2.45, 2.75) is 105 Å². The number of piperidine rings is 6. The molecular formula is C34H58N2O8S2. The van der Waals surface area contributed by atoms with Gasteiger partial charge in [0.1, 0.15) is 11.6 Å². The predicted molar refractivity (Wildman–Crippen MR) is 172 cm³/mol. The van der Waals surface area contributed by atoms with E-state index in [-0.39, 0.29) is 34.2 Å². The van der Waals surface area contributed by atoms with Crippen molar-refractivity contribution in [1.82, 2.24) is 0 Å². The fourth-order valence-electron chi connectivity index (χ4n) is 10.9. The minimum Gasteiger partial charge on any atom is -0.748 e. The van der Waals surface area contributed by atoms with Gasteiger partial charge in [-0.3, -0.25) is 9.59 Å². The molecule has 10 fully saturated rings. The van der Waals surface area contributed by atoms with Crippen LogP contribution in [0.1, 0.15) is 105 Å². The molecule has 0 aromatic rings. The molecule has 4 atom stereocenters. The van der Waals surface area contributed by atoms with Crippen LogP contribution < -0.4 is 9.80 Å². The second-order valence-corrected chi connectivity index (χ2v) is 20.0. The summed E-state index contributed by atoms with van der Waals surface area (Å²) in [6.45, 7) is 16.5. The van der Waals surface area contributed by atoms with E-state index < -0.39 is 42.6 Å². The van der Waals surface area contributed by atoms with Gasteiger partial charge >= 0.3 is 0 Å². The van der Waals surface area contributed by atoms with Crippen LogP contribution in [0.2, 0.25) is 0 Å².